The quantitative estimate of drug-likeness (QED) is 0.663. The van der Waals surface area contributed by atoms with Gasteiger partial charge in [-0.15, -0.1) is 0 Å². The van der Waals surface area contributed by atoms with Crippen molar-refractivity contribution in [1.82, 2.24) is 19.5 Å². The monoisotopic (exact) mass is 410 g/mol. The van der Waals surface area contributed by atoms with Crippen LogP contribution in [0.4, 0.5) is 20.3 Å². The molecule has 1 fully saturated rings. The molecular weight excluding hydrogens is 390 g/mol. The number of amides is 1. The van der Waals surface area contributed by atoms with Crippen molar-refractivity contribution in [1.29, 1.82) is 0 Å². The number of anilines is 2. The van der Waals surface area contributed by atoms with Crippen molar-refractivity contribution in [2.24, 2.45) is 0 Å². The normalized spacial score (nSPS) is 20.5. The maximum absolute atomic E-state index is 13.7. The smallest absolute Gasteiger partial charge is 0.252 e. The predicted octanol–water partition coefficient (Wildman–Crippen LogP) is 3.33. The van der Waals surface area contributed by atoms with Gasteiger partial charge in [-0.05, 0) is 31.4 Å². The van der Waals surface area contributed by atoms with E-state index >= 15 is 0 Å². The summed E-state index contributed by atoms with van der Waals surface area (Å²) in [6, 6.07) is 3.25. The van der Waals surface area contributed by atoms with E-state index in [1.165, 1.54) is 18.3 Å². The van der Waals surface area contributed by atoms with Crippen molar-refractivity contribution in [3.63, 3.8) is 0 Å². The Morgan fingerprint density at radius 1 is 1.17 bits per heavy atom. The third-order valence-electron chi connectivity index (χ3n) is 6.11. The molecule has 0 radical (unpaired) electrons. The van der Waals surface area contributed by atoms with Gasteiger partial charge in [0.2, 0.25) is 5.95 Å². The maximum Gasteiger partial charge on any atom is 0.252 e. The van der Waals surface area contributed by atoms with E-state index in [-0.39, 0.29) is 11.5 Å². The first kappa shape index (κ1) is 18.7. The molecule has 1 aromatic carbocycles. The number of aromatic nitrogens is 4. The summed E-state index contributed by atoms with van der Waals surface area (Å²) in [4.78, 5) is 30.2. The molecule has 9 heteroatoms. The van der Waals surface area contributed by atoms with Crippen LogP contribution in [0.5, 0.6) is 0 Å². The van der Waals surface area contributed by atoms with Crippen LogP contribution in [0.15, 0.2) is 36.8 Å². The van der Waals surface area contributed by atoms with Crippen LogP contribution in [0.25, 0.3) is 17.3 Å². The molecule has 0 unspecified atom stereocenters. The second-order valence-corrected chi connectivity index (χ2v) is 7.66. The standard InChI is InChI=1S/C21H20F2N6O/c1-3-21-5-4-7-29(21)18-16(27(2)19(21)30)12-25-20(26-18)28-8-6-24-17(28)13-9-14(22)11-15(23)10-13/h6,8-12H,3-5,7H2,1-2H3/t21-/m0/s1. The molecule has 0 spiro atoms. The van der Waals surface area contributed by atoms with E-state index in [0.29, 0.717) is 29.7 Å². The van der Waals surface area contributed by atoms with E-state index in [2.05, 4.69) is 14.9 Å². The van der Waals surface area contributed by atoms with Crippen molar-refractivity contribution in [3.05, 3.63) is 48.4 Å². The van der Waals surface area contributed by atoms with E-state index in [9.17, 15) is 13.6 Å². The third-order valence-corrected chi connectivity index (χ3v) is 6.11. The molecule has 0 aliphatic carbocycles. The number of rotatable bonds is 3. The van der Waals surface area contributed by atoms with E-state index in [4.69, 9.17) is 4.98 Å². The number of imidazole rings is 1. The predicted molar refractivity (Wildman–Crippen MR) is 108 cm³/mol. The summed E-state index contributed by atoms with van der Waals surface area (Å²) in [5, 5.41) is 0. The molecule has 1 atom stereocenters. The topological polar surface area (TPSA) is 67.2 Å². The first-order chi connectivity index (χ1) is 14.4. The summed E-state index contributed by atoms with van der Waals surface area (Å²) in [7, 11) is 1.75. The third kappa shape index (κ3) is 2.54. The van der Waals surface area contributed by atoms with Crippen molar-refractivity contribution in [3.8, 4) is 17.3 Å². The largest absolute Gasteiger partial charge is 0.340 e. The van der Waals surface area contributed by atoms with Crippen molar-refractivity contribution >= 4 is 17.4 Å². The molecule has 0 bridgehead atoms. The number of fused-ring (bicyclic) bond motifs is 3. The van der Waals surface area contributed by atoms with Gasteiger partial charge in [0.05, 0.1) is 6.20 Å². The van der Waals surface area contributed by atoms with E-state index in [0.717, 1.165) is 25.5 Å². The highest BCUT2D eigenvalue weighted by Gasteiger charge is 2.52. The van der Waals surface area contributed by atoms with Gasteiger partial charge in [-0.3, -0.25) is 9.36 Å². The molecular formula is C21H20F2N6O. The lowest BCUT2D eigenvalue weighted by molar-refractivity contribution is -0.123. The van der Waals surface area contributed by atoms with Gasteiger partial charge in [0.1, 0.15) is 28.7 Å². The lowest BCUT2D eigenvalue weighted by atomic mass is 9.89. The second kappa shape index (κ2) is 6.58. The number of nitrogens with zero attached hydrogens (tertiary/aromatic N) is 6. The first-order valence-electron chi connectivity index (χ1n) is 9.87. The molecule has 30 heavy (non-hydrogen) atoms. The van der Waals surface area contributed by atoms with Gasteiger partial charge in [-0.2, -0.15) is 4.98 Å². The highest BCUT2D eigenvalue weighted by molar-refractivity contribution is 6.07. The van der Waals surface area contributed by atoms with E-state index in [1.807, 2.05) is 6.92 Å². The summed E-state index contributed by atoms with van der Waals surface area (Å²) in [5.74, 6) is 0.0328. The number of halogens is 2. The Balaban J connectivity index is 1.64. The Hall–Kier alpha value is -3.36. The zero-order valence-electron chi connectivity index (χ0n) is 16.6. The number of hydrogen-bond donors (Lipinski definition) is 0. The van der Waals surface area contributed by atoms with Crippen LogP contribution in [-0.4, -0.2) is 44.6 Å². The minimum Gasteiger partial charge on any atom is -0.340 e. The van der Waals surface area contributed by atoms with Crippen LogP contribution >= 0.6 is 0 Å². The Kier molecular flexibility index (Phi) is 4.09. The molecule has 2 aliphatic rings. The molecule has 1 saturated heterocycles. The summed E-state index contributed by atoms with van der Waals surface area (Å²) >= 11 is 0. The number of likely N-dealkylation sites (N-methyl/N-ethyl adjacent to an activating group) is 1. The van der Waals surface area contributed by atoms with E-state index in [1.54, 1.807) is 28.9 Å². The summed E-state index contributed by atoms with van der Waals surface area (Å²) in [5.41, 5.74) is 0.347. The molecule has 7 nitrogen and oxygen atoms in total. The minimum absolute atomic E-state index is 0.0601. The zero-order chi connectivity index (χ0) is 21.0. The highest BCUT2D eigenvalue weighted by Crippen LogP contribution is 2.45. The van der Waals surface area contributed by atoms with Gasteiger partial charge in [0, 0.05) is 37.6 Å². The Morgan fingerprint density at radius 3 is 2.67 bits per heavy atom. The molecule has 0 N–H and O–H groups in total. The van der Waals surface area contributed by atoms with E-state index < -0.39 is 17.2 Å². The van der Waals surface area contributed by atoms with Gasteiger partial charge in [-0.1, -0.05) is 6.92 Å². The van der Waals surface area contributed by atoms with Crippen LogP contribution in [0.2, 0.25) is 0 Å². The average molecular weight is 410 g/mol. The van der Waals surface area contributed by atoms with Crippen molar-refractivity contribution < 1.29 is 13.6 Å². The number of benzene rings is 1. The number of carbonyl (C=O) groups is 1. The SMILES string of the molecule is CC[C@@]12CCCN1c1nc(-n3ccnc3-c3cc(F)cc(F)c3)ncc1N(C)C2=O. The maximum atomic E-state index is 13.7. The lowest BCUT2D eigenvalue weighted by Crippen LogP contribution is -2.59. The molecule has 2 aromatic heterocycles. The second-order valence-electron chi connectivity index (χ2n) is 7.66. The molecule has 3 aromatic rings. The molecule has 0 saturated carbocycles. The van der Waals surface area contributed by atoms with Gasteiger partial charge in [0.25, 0.3) is 5.91 Å². The van der Waals surface area contributed by atoms with Crippen LogP contribution in [0.1, 0.15) is 26.2 Å². The van der Waals surface area contributed by atoms with Crippen LogP contribution in [0.3, 0.4) is 0 Å². The Morgan fingerprint density at radius 2 is 1.93 bits per heavy atom. The number of hydrogen-bond acceptors (Lipinski definition) is 5. The van der Waals surface area contributed by atoms with Gasteiger partial charge in [-0.25, -0.2) is 18.7 Å². The summed E-state index contributed by atoms with van der Waals surface area (Å²) in [6.45, 7) is 2.76. The summed E-state index contributed by atoms with van der Waals surface area (Å²) < 4.78 is 29.1. The fourth-order valence-corrected chi connectivity index (χ4v) is 4.62. The highest BCUT2D eigenvalue weighted by atomic mass is 19.1. The fourth-order valence-electron chi connectivity index (χ4n) is 4.62. The minimum atomic E-state index is -0.684. The van der Waals surface area contributed by atoms with Crippen LogP contribution in [-0.2, 0) is 4.79 Å². The Labute approximate surface area is 172 Å². The Bertz CT molecular complexity index is 1140. The van der Waals surface area contributed by atoms with Gasteiger partial charge < -0.3 is 9.80 Å². The van der Waals surface area contributed by atoms with Crippen LogP contribution in [0, 0.1) is 11.6 Å². The lowest BCUT2D eigenvalue weighted by Gasteiger charge is -2.45. The van der Waals surface area contributed by atoms with Gasteiger partial charge in [0.15, 0.2) is 5.82 Å². The summed E-state index contributed by atoms with van der Waals surface area (Å²) in [6.07, 6.45) is 7.17. The molecule has 5 rings (SSSR count). The van der Waals surface area contributed by atoms with Crippen molar-refractivity contribution in [2.45, 2.75) is 31.7 Å². The zero-order valence-corrected chi connectivity index (χ0v) is 16.6. The average Bonchev–Trinajstić information content (AvgIpc) is 3.39. The van der Waals surface area contributed by atoms with Gasteiger partial charge >= 0.3 is 0 Å². The molecule has 1 amide bonds. The number of carbonyl (C=O) groups excluding carboxylic acids is 1. The molecule has 2 aliphatic heterocycles. The first-order valence-corrected chi connectivity index (χ1v) is 9.87. The molecule has 154 valence electrons. The fraction of sp³-hybridized carbons (Fsp3) is 0.333. The van der Waals surface area contributed by atoms with Crippen LogP contribution < -0.4 is 9.80 Å². The molecule has 4 heterocycles. The van der Waals surface area contributed by atoms with Crippen molar-refractivity contribution in [2.75, 3.05) is 23.4 Å².